The van der Waals surface area contributed by atoms with Crippen LogP contribution in [0, 0.1) is 5.82 Å². The van der Waals surface area contributed by atoms with Gasteiger partial charge in [0, 0.05) is 15.7 Å². The quantitative estimate of drug-likeness (QED) is 0.629. The van der Waals surface area contributed by atoms with Crippen molar-refractivity contribution in [3.63, 3.8) is 0 Å². The number of hydrogen-bond donors (Lipinski definition) is 1. The van der Waals surface area contributed by atoms with Gasteiger partial charge in [-0.15, -0.1) is 0 Å². The third-order valence-electron chi connectivity index (χ3n) is 2.71. The molecule has 0 aliphatic carbocycles. The van der Waals surface area contributed by atoms with Crippen molar-refractivity contribution in [3.05, 3.63) is 57.8 Å². The van der Waals surface area contributed by atoms with Crippen LogP contribution in [0.25, 0.3) is 0 Å². The number of halogens is 5. The highest BCUT2D eigenvalue weighted by Gasteiger charge is 2.34. The average Bonchev–Trinajstić information content (AvgIpc) is 2.38. The number of benzene rings is 2. The minimum Gasteiger partial charge on any atom is -0.489 e. The van der Waals surface area contributed by atoms with Gasteiger partial charge in [0.25, 0.3) is 0 Å². The molecule has 0 saturated heterocycles. The summed E-state index contributed by atoms with van der Waals surface area (Å²) in [5, 5.41) is 0. The summed E-state index contributed by atoms with van der Waals surface area (Å²) in [6.07, 6.45) is -4.76. The molecule has 0 aromatic heterocycles. The molecule has 0 aliphatic heterocycles. The minimum absolute atomic E-state index is 0.0315. The van der Waals surface area contributed by atoms with Gasteiger partial charge in [-0.05, 0) is 30.3 Å². The monoisotopic (exact) mass is 363 g/mol. The Kier molecular flexibility index (Phi) is 4.41. The predicted molar refractivity (Wildman–Crippen MR) is 74.3 cm³/mol. The van der Waals surface area contributed by atoms with Crippen LogP contribution in [0.15, 0.2) is 40.9 Å². The van der Waals surface area contributed by atoms with E-state index in [4.69, 9.17) is 10.5 Å². The molecular formula is C14H10BrF4NO. The molecule has 0 aliphatic rings. The summed E-state index contributed by atoms with van der Waals surface area (Å²) >= 11 is 3.28. The third-order valence-corrected chi connectivity index (χ3v) is 3.45. The number of anilines is 1. The van der Waals surface area contributed by atoms with Crippen LogP contribution in [-0.4, -0.2) is 0 Å². The largest absolute Gasteiger partial charge is 0.489 e. The molecule has 2 aromatic carbocycles. The lowest BCUT2D eigenvalue weighted by Gasteiger charge is -2.12. The van der Waals surface area contributed by atoms with Crippen molar-refractivity contribution in [2.45, 2.75) is 12.8 Å². The summed E-state index contributed by atoms with van der Waals surface area (Å²) in [5.41, 5.74) is 5.49. The van der Waals surface area contributed by atoms with Gasteiger partial charge in [0.1, 0.15) is 18.2 Å². The number of nitrogen functional groups attached to an aromatic ring is 1. The molecule has 0 bridgehead atoms. The van der Waals surface area contributed by atoms with Gasteiger partial charge >= 0.3 is 6.18 Å². The minimum atomic E-state index is -4.76. The Hall–Kier alpha value is -1.76. The van der Waals surface area contributed by atoms with Crippen LogP contribution < -0.4 is 10.5 Å². The van der Waals surface area contributed by atoms with Crippen LogP contribution in [0.1, 0.15) is 11.1 Å². The SMILES string of the molecule is Nc1ccc(COc2ccc(F)c(C(F)(F)F)c2)c(Br)c1. The van der Waals surface area contributed by atoms with Crippen LogP contribution in [-0.2, 0) is 12.8 Å². The fraction of sp³-hybridized carbons (Fsp3) is 0.143. The molecule has 2 nitrogen and oxygen atoms in total. The van der Waals surface area contributed by atoms with Gasteiger partial charge in [0.15, 0.2) is 0 Å². The van der Waals surface area contributed by atoms with Crippen molar-refractivity contribution in [2.24, 2.45) is 0 Å². The first kappa shape index (κ1) is 15.6. The molecule has 0 unspecified atom stereocenters. The Morgan fingerprint density at radius 2 is 1.81 bits per heavy atom. The van der Waals surface area contributed by atoms with Gasteiger partial charge in [-0.25, -0.2) is 4.39 Å². The van der Waals surface area contributed by atoms with Crippen molar-refractivity contribution < 1.29 is 22.3 Å². The normalized spacial score (nSPS) is 11.5. The molecule has 0 amide bonds. The van der Waals surface area contributed by atoms with E-state index in [1.165, 1.54) is 0 Å². The zero-order valence-corrected chi connectivity index (χ0v) is 12.1. The van der Waals surface area contributed by atoms with E-state index in [1.807, 2.05) is 0 Å². The van der Waals surface area contributed by atoms with Gasteiger partial charge in [-0.2, -0.15) is 13.2 Å². The van der Waals surface area contributed by atoms with E-state index in [0.29, 0.717) is 21.8 Å². The number of alkyl halides is 3. The van der Waals surface area contributed by atoms with Crippen molar-refractivity contribution in [1.82, 2.24) is 0 Å². The number of hydrogen-bond acceptors (Lipinski definition) is 2. The molecule has 7 heteroatoms. The van der Waals surface area contributed by atoms with Crippen LogP contribution in [0.2, 0.25) is 0 Å². The van der Waals surface area contributed by atoms with E-state index in [0.717, 1.165) is 12.1 Å². The summed E-state index contributed by atoms with van der Waals surface area (Å²) in [5.74, 6) is -1.39. The fourth-order valence-corrected chi connectivity index (χ4v) is 2.16. The second-order valence-corrected chi connectivity index (χ2v) is 5.13. The molecule has 0 atom stereocenters. The molecule has 0 saturated carbocycles. The molecule has 21 heavy (non-hydrogen) atoms. The Bertz CT molecular complexity index is 658. The lowest BCUT2D eigenvalue weighted by atomic mass is 10.2. The van der Waals surface area contributed by atoms with Gasteiger partial charge in [0.2, 0.25) is 0 Å². The van der Waals surface area contributed by atoms with Crippen LogP contribution in [0.4, 0.5) is 23.2 Å². The maximum Gasteiger partial charge on any atom is 0.419 e. The smallest absolute Gasteiger partial charge is 0.419 e. The lowest BCUT2D eigenvalue weighted by molar-refractivity contribution is -0.140. The molecule has 2 rings (SSSR count). The first-order valence-corrected chi connectivity index (χ1v) is 6.60. The highest BCUT2D eigenvalue weighted by atomic mass is 79.9. The second kappa shape index (κ2) is 5.93. The Balaban J connectivity index is 2.17. The summed E-state index contributed by atoms with van der Waals surface area (Å²) in [6, 6.07) is 7.51. The maximum absolute atomic E-state index is 13.1. The Labute approximate surface area is 126 Å². The molecule has 0 heterocycles. The first-order chi connectivity index (χ1) is 9.77. The topological polar surface area (TPSA) is 35.2 Å². The zero-order chi connectivity index (χ0) is 15.6. The maximum atomic E-state index is 13.1. The molecule has 2 aromatic rings. The zero-order valence-electron chi connectivity index (χ0n) is 10.5. The Morgan fingerprint density at radius 3 is 2.43 bits per heavy atom. The summed E-state index contributed by atoms with van der Waals surface area (Å²) < 4.78 is 56.8. The van der Waals surface area contributed by atoms with Crippen LogP contribution in [0.5, 0.6) is 5.75 Å². The van der Waals surface area contributed by atoms with Gasteiger partial charge in [-0.1, -0.05) is 22.0 Å². The van der Waals surface area contributed by atoms with Gasteiger partial charge in [-0.3, -0.25) is 0 Å². The number of nitrogens with two attached hydrogens (primary N) is 1. The summed E-state index contributed by atoms with van der Waals surface area (Å²) in [7, 11) is 0. The van der Waals surface area contributed by atoms with E-state index in [9.17, 15) is 17.6 Å². The fourth-order valence-electron chi connectivity index (χ4n) is 1.65. The lowest BCUT2D eigenvalue weighted by Crippen LogP contribution is -2.08. The molecule has 2 N–H and O–H groups in total. The van der Waals surface area contributed by atoms with E-state index >= 15 is 0 Å². The second-order valence-electron chi connectivity index (χ2n) is 4.28. The molecule has 0 radical (unpaired) electrons. The molecule has 112 valence electrons. The molecule has 0 fully saturated rings. The molecule has 0 spiro atoms. The van der Waals surface area contributed by atoms with E-state index in [2.05, 4.69) is 15.9 Å². The first-order valence-electron chi connectivity index (χ1n) is 5.81. The van der Waals surface area contributed by atoms with Crippen molar-refractivity contribution in [1.29, 1.82) is 0 Å². The van der Waals surface area contributed by atoms with Crippen LogP contribution in [0.3, 0.4) is 0 Å². The Morgan fingerprint density at radius 1 is 1.10 bits per heavy atom. The van der Waals surface area contributed by atoms with Gasteiger partial charge in [0.05, 0.1) is 5.56 Å². The number of ether oxygens (including phenoxy) is 1. The highest BCUT2D eigenvalue weighted by molar-refractivity contribution is 9.10. The standard InChI is InChI=1S/C14H10BrF4NO/c15-12-5-9(20)2-1-8(12)7-21-10-3-4-13(16)11(6-10)14(17,18)19/h1-6H,7,20H2. The van der Waals surface area contributed by atoms with Crippen LogP contribution >= 0.6 is 15.9 Å². The van der Waals surface area contributed by atoms with E-state index in [-0.39, 0.29) is 12.4 Å². The average molecular weight is 364 g/mol. The van der Waals surface area contributed by atoms with Gasteiger partial charge < -0.3 is 10.5 Å². The third kappa shape index (κ3) is 3.87. The van der Waals surface area contributed by atoms with Crippen molar-refractivity contribution >= 4 is 21.6 Å². The van der Waals surface area contributed by atoms with Crippen molar-refractivity contribution in [2.75, 3.05) is 5.73 Å². The van der Waals surface area contributed by atoms with E-state index in [1.54, 1.807) is 18.2 Å². The van der Waals surface area contributed by atoms with Crippen molar-refractivity contribution in [3.8, 4) is 5.75 Å². The molecular weight excluding hydrogens is 354 g/mol. The van der Waals surface area contributed by atoms with E-state index < -0.39 is 17.6 Å². The predicted octanol–water partition coefficient (Wildman–Crippen LogP) is 4.77. The number of rotatable bonds is 3. The summed E-state index contributed by atoms with van der Waals surface area (Å²) in [6.45, 7) is 0.0315. The summed E-state index contributed by atoms with van der Waals surface area (Å²) in [4.78, 5) is 0. The highest BCUT2D eigenvalue weighted by Crippen LogP contribution is 2.34.